The first-order valence-electron chi connectivity index (χ1n) is 9.29. The molecule has 1 aliphatic rings. The van der Waals surface area contributed by atoms with Crippen LogP contribution in [0.5, 0.6) is 0 Å². The van der Waals surface area contributed by atoms with Gasteiger partial charge in [-0.25, -0.2) is 4.79 Å². The highest BCUT2D eigenvalue weighted by Crippen LogP contribution is 2.27. The van der Waals surface area contributed by atoms with Crippen molar-refractivity contribution in [2.45, 2.75) is 38.6 Å². The molecule has 1 aromatic heterocycles. The van der Waals surface area contributed by atoms with Gasteiger partial charge in [-0.15, -0.1) is 0 Å². The molecule has 0 spiro atoms. The number of aldehydes is 1. The van der Waals surface area contributed by atoms with Gasteiger partial charge in [-0.3, -0.25) is 9.59 Å². The van der Waals surface area contributed by atoms with Gasteiger partial charge in [0.15, 0.2) is 18.7 Å². The van der Waals surface area contributed by atoms with E-state index in [-0.39, 0.29) is 34.9 Å². The van der Waals surface area contributed by atoms with E-state index < -0.39 is 5.97 Å². The van der Waals surface area contributed by atoms with Crippen LogP contribution >= 0.6 is 11.6 Å². The minimum Gasteiger partial charge on any atom is -0.453 e. The zero-order valence-electron chi connectivity index (χ0n) is 15.6. The van der Waals surface area contributed by atoms with Gasteiger partial charge in [-0.05, 0) is 49.1 Å². The van der Waals surface area contributed by atoms with E-state index in [0.717, 1.165) is 19.3 Å². The molecule has 1 aromatic carbocycles. The van der Waals surface area contributed by atoms with Gasteiger partial charge < -0.3 is 14.5 Å². The number of hydrogen-bond acceptors (Lipinski definition) is 5. The summed E-state index contributed by atoms with van der Waals surface area (Å²) in [7, 11) is 0. The van der Waals surface area contributed by atoms with Crippen molar-refractivity contribution in [3.63, 3.8) is 0 Å². The lowest BCUT2D eigenvalue weighted by Gasteiger charge is -2.29. The van der Waals surface area contributed by atoms with Crippen LogP contribution in [-0.2, 0) is 9.53 Å². The van der Waals surface area contributed by atoms with Crippen LogP contribution < -0.4 is 5.32 Å². The number of carbonyl (C=O) groups excluding carboxylic acids is 3. The van der Waals surface area contributed by atoms with E-state index in [4.69, 9.17) is 20.8 Å². The second-order valence-corrected chi connectivity index (χ2v) is 7.43. The molecule has 3 rings (SSSR count). The molecule has 1 saturated carbocycles. The fourth-order valence-electron chi connectivity index (χ4n) is 3.39. The number of nitrogens with one attached hydrogen (secondary N) is 1. The predicted molar refractivity (Wildman–Crippen MR) is 104 cm³/mol. The maximum absolute atomic E-state index is 12.4. The van der Waals surface area contributed by atoms with Crippen molar-refractivity contribution in [3.8, 4) is 11.3 Å². The molecule has 0 saturated heterocycles. The van der Waals surface area contributed by atoms with Crippen molar-refractivity contribution in [1.29, 1.82) is 0 Å². The average Bonchev–Trinajstić information content (AvgIpc) is 3.17. The standard InChI is InChI=1S/C21H22ClNO5/c1-13-4-2-3-5-18(13)23-20(25)12-27-21(26)16-10-14(6-8-17(16)22)19-9-7-15(11-24)28-19/h6-11,13,18H,2-5,12H2,1H3,(H,23,25)/t13-,18-/m1/s1. The molecule has 0 unspecified atom stereocenters. The molecule has 1 fully saturated rings. The number of furan rings is 1. The lowest BCUT2D eigenvalue weighted by molar-refractivity contribution is -0.125. The zero-order valence-corrected chi connectivity index (χ0v) is 16.3. The van der Waals surface area contributed by atoms with Crippen molar-refractivity contribution in [3.05, 3.63) is 46.7 Å². The lowest BCUT2D eigenvalue weighted by atomic mass is 9.86. The minimum absolute atomic E-state index is 0.123. The smallest absolute Gasteiger partial charge is 0.340 e. The van der Waals surface area contributed by atoms with Crippen LogP contribution in [0.15, 0.2) is 34.7 Å². The summed E-state index contributed by atoms with van der Waals surface area (Å²) in [4.78, 5) is 35.3. The summed E-state index contributed by atoms with van der Waals surface area (Å²) >= 11 is 6.11. The van der Waals surface area contributed by atoms with E-state index in [2.05, 4.69) is 12.2 Å². The Kier molecular flexibility index (Phi) is 6.52. The van der Waals surface area contributed by atoms with E-state index in [1.54, 1.807) is 18.2 Å². The van der Waals surface area contributed by atoms with Gasteiger partial charge in [0.1, 0.15) is 5.76 Å². The maximum Gasteiger partial charge on any atom is 0.340 e. The molecule has 148 valence electrons. The molecular formula is C21H22ClNO5. The first-order valence-corrected chi connectivity index (χ1v) is 9.67. The molecule has 1 amide bonds. The highest BCUT2D eigenvalue weighted by molar-refractivity contribution is 6.33. The fraction of sp³-hybridized carbons (Fsp3) is 0.381. The highest BCUT2D eigenvalue weighted by atomic mass is 35.5. The second kappa shape index (κ2) is 9.06. The van der Waals surface area contributed by atoms with Gasteiger partial charge in [0, 0.05) is 11.6 Å². The number of ether oxygens (including phenoxy) is 1. The molecule has 1 heterocycles. The summed E-state index contributed by atoms with van der Waals surface area (Å²) in [6.07, 6.45) is 4.91. The van der Waals surface area contributed by atoms with Gasteiger partial charge >= 0.3 is 5.97 Å². The van der Waals surface area contributed by atoms with Crippen LogP contribution in [0.2, 0.25) is 5.02 Å². The molecule has 28 heavy (non-hydrogen) atoms. The summed E-state index contributed by atoms with van der Waals surface area (Å²) in [5.74, 6) is 0.0190. The van der Waals surface area contributed by atoms with Gasteiger partial charge in [0.2, 0.25) is 0 Å². The largest absolute Gasteiger partial charge is 0.453 e. The van der Waals surface area contributed by atoms with Crippen molar-refractivity contribution < 1.29 is 23.5 Å². The zero-order chi connectivity index (χ0) is 20.1. The van der Waals surface area contributed by atoms with Crippen molar-refractivity contribution in [1.82, 2.24) is 5.32 Å². The normalized spacial score (nSPS) is 19.1. The Bertz CT molecular complexity index is 875. The van der Waals surface area contributed by atoms with Crippen molar-refractivity contribution in [2.75, 3.05) is 6.61 Å². The van der Waals surface area contributed by atoms with E-state index >= 15 is 0 Å². The summed E-state index contributed by atoms with van der Waals surface area (Å²) in [6.45, 7) is 1.75. The van der Waals surface area contributed by atoms with Gasteiger partial charge in [-0.2, -0.15) is 0 Å². The molecule has 1 N–H and O–H groups in total. The van der Waals surface area contributed by atoms with Crippen molar-refractivity contribution in [2.24, 2.45) is 5.92 Å². The summed E-state index contributed by atoms with van der Waals surface area (Å²) in [5, 5.41) is 3.15. The monoisotopic (exact) mass is 403 g/mol. The van der Waals surface area contributed by atoms with Gasteiger partial charge in [0.25, 0.3) is 5.91 Å². The molecular weight excluding hydrogens is 382 g/mol. The Morgan fingerprint density at radius 1 is 1.25 bits per heavy atom. The number of benzene rings is 1. The SMILES string of the molecule is C[C@@H]1CCCC[C@H]1NC(=O)COC(=O)c1cc(-c2ccc(C=O)o2)ccc1Cl. The Hall–Kier alpha value is -2.60. The molecule has 2 aromatic rings. The predicted octanol–water partition coefficient (Wildman–Crippen LogP) is 4.26. The van der Waals surface area contributed by atoms with Crippen LogP contribution in [0, 0.1) is 5.92 Å². The number of esters is 1. The summed E-state index contributed by atoms with van der Waals surface area (Å²) in [6, 6.07) is 8.01. The minimum atomic E-state index is -0.694. The average molecular weight is 404 g/mol. The Labute approximate surface area is 168 Å². The summed E-state index contributed by atoms with van der Waals surface area (Å²) < 4.78 is 10.5. The quantitative estimate of drug-likeness (QED) is 0.575. The number of hydrogen-bond donors (Lipinski definition) is 1. The fourth-order valence-corrected chi connectivity index (χ4v) is 3.59. The summed E-state index contributed by atoms with van der Waals surface area (Å²) in [5.41, 5.74) is 0.701. The van der Waals surface area contributed by atoms with Crippen LogP contribution in [0.3, 0.4) is 0 Å². The molecule has 7 heteroatoms. The number of carbonyl (C=O) groups is 3. The topological polar surface area (TPSA) is 85.6 Å². The number of rotatable bonds is 6. The first kappa shape index (κ1) is 20.1. The first-order chi connectivity index (χ1) is 13.5. The third-order valence-electron chi connectivity index (χ3n) is 5.01. The second-order valence-electron chi connectivity index (χ2n) is 7.03. The number of amides is 1. The van der Waals surface area contributed by atoms with Crippen molar-refractivity contribution >= 4 is 29.8 Å². The third-order valence-corrected chi connectivity index (χ3v) is 5.34. The van der Waals surface area contributed by atoms with Gasteiger partial charge in [0.05, 0.1) is 10.6 Å². The van der Waals surface area contributed by atoms with Gasteiger partial charge in [-0.1, -0.05) is 31.4 Å². The van der Waals surface area contributed by atoms with Crippen LogP contribution in [0.25, 0.3) is 11.3 Å². The van der Waals surface area contributed by atoms with Crippen LogP contribution in [-0.4, -0.2) is 30.8 Å². The Morgan fingerprint density at radius 2 is 2.04 bits per heavy atom. The van der Waals surface area contributed by atoms with Crippen LogP contribution in [0.1, 0.15) is 53.5 Å². The molecule has 0 bridgehead atoms. The van der Waals surface area contributed by atoms with E-state index in [1.807, 2.05) is 0 Å². The lowest BCUT2D eigenvalue weighted by Crippen LogP contribution is -2.42. The molecule has 1 aliphatic carbocycles. The number of halogens is 1. The molecule has 6 nitrogen and oxygen atoms in total. The molecule has 2 atom stereocenters. The maximum atomic E-state index is 12.4. The third kappa shape index (κ3) is 4.81. The molecule has 0 radical (unpaired) electrons. The van der Waals surface area contributed by atoms with E-state index in [0.29, 0.717) is 23.5 Å². The van der Waals surface area contributed by atoms with E-state index in [1.165, 1.54) is 18.6 Å². The highest BCUT2D eigenvalue weighted by Gasteiger charge is 2.23. The Balaban J connectivity index is 1.62. The van der Waals surface area contributed by atoms with Crippen LogP contribution in [0.4, 0.5) is 0 Å². The Morgan fingerprint density at radius 3 is 2.75 bits per heavy atom. The molecule has 0 aliphatic heterocycles. The van der Waals surface area contributed by atoms with E-state index in [9.17, 15) is 14.4 Å².